The summed E-state index contributed by atoms with van der Waals surface area (Å²) in [6.07, 6.45) is 4.58. The van der Waals surface area contributed by atoms with Gasteiger partial charge in [-0.2, -0.15) is 0 Å². The summed E-state index contributed by atoms with van der Waals surface area (Å²) in [5.41, 5.74) is 4.76. The van der Waals surface area contributed by atoms with Crippen molar-refractivity contribution in [2.24, 2.45) is 5.92 Å². The van der Waals surface area contributed by atoms with Crippen molar-refractivity contribution in [1.29, 1.82) is 0 Å². The number of hydrogen-bond acceptors (Lipinski definition) is 4. The molecule has 5 nitrogen and oxygen atoms in total. The van der Waals surface area contributed by atoms with Crippen LogP contribution < -0.4 is 15.0 Å². The number of hydrogen-bond donors (Lipinski definition) is 1. The standard InChI is InChI=1S/C26H31N3O2/c1-17(2)12-13-18-8-7-10-20-24(18)27-16-21(25(20)29(3)4)26(30)28-22-14-15-31-23-11-6-5-9-19(22)23/h5-11,16-17,22H,12-15H2,1-4H3,(H,28,30)/t22-/m0/s1. The Balaban J connectivity index is 1.69. The molecule has 1 aromatic heterocycles. The molecule has 1 aliphatic heterocycles. The third-order valence-corrected chi connectivity index (χ3v) is 5.90. The number of carbonyl (C=O) groups is 1. The number of anilines is 1. The molecule has 2 aromatic carbocycles. The minimum Gasteiger partial charge on any atom is -0.493 e. The fraction of sp³-hybridized carbons (Fsp3) is 0.385. The van der Waals surface area contributed by atoms with E-state index in [1.807, 2.05) is 43.3 Å². The highest BCUT2D eigenvalue weighted by atomic mass is 16.5. The number of fused-ring (bicyclic) bond motifs is 2. The van der Waals surface area contributed by atoms with Crippen LogP contribution in [0.1, 0.15) is 54.2 Å². The highest BCUT2D eigenvalue weighted by molar-refractivity contribution is 6.08. The van der Waals surface area contributed by atoms with E-state index in [4.69, 9.17) is 9.72 Å². The lowest BCUT2D eigenvalue weighted by Crippen LogP contribution is -2.33. The topological polar surface area (TPSA) is 54.5 Å². The zero-order valence-electron chi connectivity index (χ0n) is 18.8. The number of nitrogens with one attached hydrogen (secondary N) is 1. The van der Waals surface area contributed by atoms with Gasteiger partial charge in [0.15, 0.2) is 0 Å². The Morgan fingerprint density at radius 3 is 2.77 bits per heavy atom. The molecular formula is C26H31N3O2. The number of carbonyl (C=O) groups excluding carboxylic acids is 1. The highest BCUT2D eigenvalue weighted by Crippen LogP contribution is 2.34. The van der Waals surface area contributed by atoms with Crippen LogP contribution >= 0.6 is 0 Å². The summed E-state index contributed by atoms with van der Waals surface area (Å²) in [4.78, 5) is 20.1. The smallest absolute Gasteiger partial charge is 0.255 e. The molecular weight excluding hydrogens is 386 g/mol. The van der Waals surface area contributed by atoms with Crippen molar-refractivity contribution in [2.75, 3.05) is 25.6 Å². The molecule has 0 bridgehead atoms. The van der Waals surface area contributed by atoms with Gasteiger partial charge < -0.3 is 15.0 Å². The number of aryl methyl sites for hydroxylation is 1. The molecule has 31 heavy (non-hydrogen) atoms. The van der Waals surface area contributed by atoms with Crippen molar-refractivity contribution >= 4 is 22.5 Å². The molecule has 1 N–H and O–H groups in total. The monoisotopic (exact) mass is 417 g/mol. The molecule has 0 aliphatic carbocycles. The minimum absolute atomic E-state index is 0.0689. The molecule has 5 heteroatoms. The van der Waals surface area contributed by atoms with Gasteiger partial charge in [0, 0.05) is 37.7 Å². The lowest BCUT2D eigenvalue weighted by Gasteiger charge is -2.27. The highest BCUT2D eigenvalue weighted by Gasteiger charge is 2.25. The maximum atomic E-state index is 13.4. The summed E-state index contributed by atoms with van der Waals surface area (Å²) >= 11 is 0. The fourth-order valence-electron chi connectivity index (χ4n) is 4.29. The Hall–Kier alpha value is -3.08. The SMILES string of the molecule is CC(C)CCc1cccc2c(N(C)C)c(C(=O)N[C@H]3CCOc4ccccc43)cnc12. The number of nitrogens with zero attached hydrogens (tertiary/aromatic N) is 2. The van der Waals surface area contributed by atoms with Gasteiger partial charge in [-0.25, -0.2) is 0 Å². The summed E-state index contributed by atoms with van der Waals surface area (Å²) in [5, 5.41) is 4.24. The Morgan fingerprint density at radius 2 is 2.00 bits per heavy atom. The lowest BCUT2D eigenvalue weighted by atomic mass is 9.97. The van der Waals surface area contributed by atoms with Crippen molar-refractivity contribution < 1.29 is 9.53 Å². The first-order chi connectivity index (χ1) is 15.0. The number of aromatic nitrogens is 1. The summed E-state index contributed by atoms with van der Waals surface area (Å²) in [5.74, 6) is 1.38. The number of benzene rings is 2. The fourth-order valence-corrected chi connectivity index (χ4v) is 4.29. The molecule has 0 fully saturated rings. The molecule has 1 atom stereocenters. The van der Waals surface area contributed by atoms with Gasteiger partial charge in [-0.3, -0.25) is 9.78 Å². The van der Waals surface area contributed by atoms with Crippen LogP contribution in [0.3, 0.4) is 0 Å². The number of amides is 1. The number of para-hydroxylation sites is 2. The summed E-state index contributed by atoms with van der Waals surface area (Å²) < 4.78 is 5.74. The van der Waals surface area contributed by atoms with Crippen LogP contribution in [0.2, 0.25) is 0 Å². The average molecular weight is 418 g/mol. The Labute approximate surface area is 184 Å². The van der Waals surface area contributed by atoms with E-state index in [2.05, 4.69) is 37.4 Å². The summed E-state index contributed by atoms with van der Waals surface area (Å²) in [7, 11) is 3.96. The van der Waals surface area contributed by atoms with E-state index in [0.717, 1.165) is 47.2 Å². The summed E-state index contributed by atoms with van der Waals surface area (Å²) in [6, 6.07) is 14.1. The molecule has 0 saturated heterocycles. The Kier molecular flexibility index (Phi) is 6.12. The van der Waals surface area contributed by atoms with E-state index in [1.165, 1.54) is 5.56 Å². The molecule has 0 radical (unpaired) electrons. The van der Waals surface area contributed by atoms with E-state index < -0.39 is 0 Å². The zero-order chi connectivity index (χ0) is 22.0. The first-order valence-electron chi connectivity index (χ1n) is 11.1. The van der Waals surface area contributed by atoms with Gasteiger partial charge in [0.2, 0.25) is 0 Å². The molecule has 3 aromatic rings. The van der Waals surface area contributed by atoms with Crippen molar-refractivity contribution in [1.82, 2.24) is 10.3 Å². The van der Waals surface area contributed by atoms with Gasteiger partial charge in [-0.15, -0.1) is 0 Å². The summed E-state index contributed by atoms with van der Waals surface area (Å²) in [6.45, 7) is 5.07. The molecule has 1 aliphatic rings. The largest absolute Gasteiger partial charge is 0.493 e. The van der Waals surface area contributed by atoms with Crippen LogP contribution in [-0.4, -0.2) is 31.6 Å². The first-order valence-corrected chi connectivity index (χ1v) is 11.1. The predicted molar refractivity (Wildman–Crippen MR) is 126 cm³/mol. The predicted octanol–water partition coefficient (Wildman–Crippen LogP) is 5.14. The molecule has 2 heterocycles. The minimum atomic E-state index is -0.104. The maximum absolute atomic E-state index is 13.4. The quantitative estimate of drug-likeness (QED) is 0.603. The van der Waals surface area contributed by atoms with Crippen LogP contribution in [0.15, 0.2) is 48.7 Å². The van der Waals surface area contributed by atoms with Crippen LogP contribution in [0.5, 0.6) is 5.75 Å². The van der Waals surface area contributed by atoms with Gasteiger partial charge >= 0.3 is 0 Å². The van der Waals surface area contributed by atoms with Gasteiger partial charge in [0.1, 0.15) is 5.75 Å². The van der Waals surface area contributed by atoms with E-state index in [-0.39, 0.29) is 11.9 Å². The Bertz CT molecular complexity index is 1090. The van der Waals surface area contributed by atoms with Gasteiger partial charge in [-0.05, 0) is 30.4 Å². The second kappa shape index (κ2) is 8.96. The number of ether oxygens (including phenoxy) is 1. The molecule has 4 rings (SSSR count). The normalized spacial score (nSPS) is 15.5. The van der Waals surface area contributed by atoms with Gasteiger partial charge in [-0.1, -0.05) is 50.2 Å². The first kappa shape index (κ1) is 21.2. The van der Waals surface area contributed by atoms with E-state index in [0.29, 0.717) is 18.1 Å². The zero-order valence-corrected chi connectivity index (χ0v) is 18.8. The maximum Gasteiger partial charge on any atom is 0.255 e. The third-order valence-electron chi connectivity index (χ3n) is 5.90. The van der Waals surface area contributed by atoms with Gasteiger partial charge in [0.05, 0.1) is 29.4 Å². The van der Waals surface area contributed by atoms with Crippen molar-refractivity contribution in [3.63, 3.8) is 0 Å². The van der Waals surface area contributed by atoms with Crippen LogP contribution in [0, 0.1) is 5.92 Å². The van der Waals surface area contributed by atoms with Crippen LogP contribution in [0.4, 0.5) is 5.69 Å². The van der Waals surface area contributed by atoms with Crippen LogP contribution in [0.25, 0.3) is 10.9 Å². The van der Waals surface area contributed by atoms with E-state index >= 15 is 0 Å². The van der Waals surface area contributed by atoms with Crippen LogP contribution in [-0.2, 0) is 6.42 Å². The lowest BCUT2D eigenvalue weighted by molar-refractivity contribution is 0.0925. The number of rotatable bonds is 6. The van der Waals surface area contributed by atoms with Crippen molar-refractivity contribution in [3.8, 4) is 5.75 Å². The van der Waals surface area contributed by atoms with Crippen molar-refractivity contribution in [2.45, 2.75) is 39.2 Å². The average Bonchev–Trinajstić information content (AvgIpc) is 2.76. The second-order valence-corrected chi connectivity index (χ2v) is 8.86. The molecule has 0 spiro atoms. The molecule has 1 amide bonds. The second-order valence-electron chi connectivity index (χ2n) is 8.86. The van der Waals surface area contributed by atoms with Crippen molar-refractivity contribution in [3.05, 3.63) is 65.4 Å². The van der Waals surface area contributed by atoms with E-state index in [1.54, 1.807) is 6.20 Å². The molecule has 0 unspecified atom stereocenters. The van der Waals surface area contributed by atoms with E-state index in [9.17, 15) is 4.79 Å². The molecule has 162 valence electrons. The number of pyridine rings is 1. The Morgan fingerprint density at radius 1 is 1.19 bits per heavy atom. The third kappa shape index (κ3) is 4.36. The molecule has 0 saturated carbocycles. The van der Waals surface area contributed by atoms with Gasteiger partial charge in [0.25, 0.3) is 5.91 Å².